The predicted octanol–water partition coefficient (Wildman–Crippen LogP) is 4.22. The molecule has 102 valence electrons. The molecular weight excluding hydrogens is 236 g/mol. The van der Waals surface area contributed by atoms with Gasteiger partial charge in [-0.1, -0.05) is 42.8 Å². The van der Waals surface area contributed by atoms with E-state index < -0.39 is 0 Å². The first-order valence-corrected chi connectivity index (χ1v) is 7.18. The summed E-state index contributed by atoms with van der Waals surface area (Å²) in [4.78, 5) is 12.1. The lowest BCUT2D eigenvalue weighted by molar-refractivity contribution is -0.138. The number of benzene rings is 1. The molecule has 0 bridgehead atoms. The van der Waals surface area contributed by atoms with Crippen molar-refractivity contribution < 1.29 is 9.53 Å². The minimum atomic E-state index is -0.111. The number of rotatable bonds is 4. The van der Waals surface area contributed by atoms with Crippen molar-refractivity contribution in [3.8, 4) is 0 Å². The van der Waals surface area contributed by atoms with Gasteiger partial charge in [0, 0.05) is 11.5 Å². The quantitative estimate of drug-likeness (QED) is 0.756. The van der Waals surface area contributed by atoms with Crippen molar-refractivity contribution in [3.63, 3.8) is 0 Å². The van der Waals surface area contributed by atoms with Gasteiger partial charge in [0.2, 0.25) is 0 Å². The zero-order valence-electron chi connectivity index (χ0n) is 11.8. The van der Waals surface area contributed by atoms with Crippen LogP contribution >= 0.6 is 0 Å². The van der Waals surface area contributed by atoms with Crippen LogP contribution in [0.15, 0.2) is 41.5 Å². The van der Waals surface area contributed by atoms with Crippen LogP contribution in [0.3, 0.4) is 0 Å². The van der Waals surface area contributed by atoms with E-state index in [1.54, 1.807) is 0 Å². The molecule has 1 aliphatic carbocycles. The van der Waals surface area contributed by atoms with Crippen LogP contribution in [-0.4, -0.2) is 12.6 Å². The maximum absolute atomic E-state index is 12.1. The van der Waals surface area contributed by atoms with E-state index in [4.69, 9.17) is 4.74 Å². The van der Waals surface area contributed by atoms with Gasteiger partial charge in [-0.3, -0.25) is 0 Å². The van der Waals surface area contributed by atoms with Gasteiger partial charge in [-0.05, 0) is 38.2 Å². The summed E-state index contributed by atoms with van der Waals surface area (Å²) in [6, 6.07) is 10.4. The van der Waals surface area contributed by atoms with E-state index in [2.05, 4.69) is 31.2 Å². The number of hydrogen-bond acceptors (Lipinski definition) is 2. The first kappa shape index (κ1) is 13.9. The lowest BCUT2D eigenvalue weighted by atomic mass is 9.81. The first-order chi connectivity index (χ1) is 9.24. The maximum atomic E-state index is 12.1. The Kier molecular flexibility index (Phi) is 4.78. The normalized spacial score (nSPS) is 17.2. The summed E-state index contributed by atoms with van der Waals surface area (Å²) in [6.07, 6.45) is 4.16. The third-order valence-corrected chi connectivity index (χ3v) is 3.85. The number of carbonyl (C=O) groups excluding carboxylic acids is 1. The molecule has 2 nitrogen and oxygen atoms in total. The highest BCUT2D eigenvalue weighted by atomic mass is 16.5. The fourth-order valence-electron chi connectivity index (χ4n) is 2.80. The molecule has 0 spiro atoms. The number of esters is 1. The van der Waals surface area contributed by atoms with Gasteiger partial charge < -0.3 is 4.74 Å². The Morgan fingerprint density at radius 2 is 1.89 bits per heavy atom. The van der Waals surface area contributed by atoms with Crippen molar-refractivity contribution in [2.45, 2.75) is 45.4 Å². The highest BCUT2D eigenvalue weighted by molar-refractivity contribution is 5.89. The molecule has 1 atom stereocenters. The van der Waals surface area contributed by atoms with Gasteiger partial charge in [-0.25, -0.2) is 4.79 Å². The molecular formula is C17H22O2. The second-order valence-corrected chi connectivity index (χ2v) is 5.06. The molecule has 0 fully saturated rings. The van der Waals surface area contributed by atoms with Crippen molar-refractivity contribution in [1.29, 1.82) is 0 Å². The fourth-order valence-corrected chi connectivity index (χ4v) is 2.80. The number of ether oxygens (including phenoxy) is 1. The summed E-state index contributed by atoms with van der Waals surface area (Å²) in [6.45, 7) is 4.51. The summed E-state index contributed by atoms with van der Waals surface area (Å²) < 4.78 is 5.20. The standard InChI is InChI=1S/C17H22O2/c1-3-19-17(18)16-12-8-7-11-15(16)13(2)14-9-5-4-6-10-14/h4-6,9-10,13H,3,7-8,11-12H2,1-2H3/t13-/m1/s1. The molecule has 0 aliphatic heterocycles. The van der Waals surface area contributed by atoms with Crippen molar-refractivity contribution in [1.82, 2.24) is 0 Å². The van der Waals surface area contributed by atoms with Gasteiger partial charge >= 0.3 is 5.97 Å². The molecule has 0 heterocycles. The van der Waals surface area contributed by atoms with E-state index in [1.807, 2.05) is 13.0 Å². The second kappa shape index (κ2) is 6.55. The Balaban J connectivity index is 2.30. The first-order valence-electron chi connectivity index (χ1n) is 7.18. The predicted molar refractivity (Wildman–Crippen MR) is 77.0 cm³/mol. The molecule has 2 heteroatoms. The Hall–Kier alpha value is -1.57. The Morgan fingerprint density at radius 1 is 1.21 bits per heavy atom. The lowest BCUT2D eigenvalue weighted by Gasteiger charge is -2.24. The Labute approximate surface area is 115 Å². The smallest absolute Gasteiger partial charge is 0.333 e. The largest absolute Gasteiger partial charge is 0.463 e. The third kappa shape index (κ3) is 3.25. The van der Waals surface area contributed by atoms with Crippen molar-refractivity contribution in [3.05, 3.63) is 47.0 Å². The molecule has 2 rings (SSSR count). The third-order valence-electron chi connectivity index (χ3n) is 3.85. The molecule has 0 saturated heterocycles. The molecule has 0 saturated carbocycles. The van der Waals surface area contributed by atoms with Crippen LogP contribution in [0.25, 0.3) is 0 Å². The molecule has 1 aliphatic rings. The molecule has 1 aromatic carbocycles. The Bertz CT molecular complexity index is 459. The summed E-state index contributed by atoms with van der Waals surface area (Å²) in [7, 11) is 0. The van der Waals surface area contributed by atoms with Gasteiger partial charge in [0.25, 0.3) is 0 Å². The summed E-state index contributed by atoms with van der Waals surface area (Å²) >= 11 is 0. The average molecular weight is 258 g/mol. The topological polar surface area (TPSA) is 26.3 Å². The number of hydrogen-bond donors (Lipinski definition) is 0. The van der Waals surface area contributed by atoms with Crippen LogP contribution < -0.4 is 0 Å². The number of allylic oxidation sites excluding steroid dienone is 1. The van der Waals surface area contributed by atoms with Crippen LogP contribution in [0.2, 0.25) is 0 Å². The van der Waals surface area contributed by atoms with Gasteiger partial charge in [0.1, 0.15) is 0 Å². The van der Waals surface area contributed by atoms with Crippen LogP contribution in [0.4, 0.5) is 0 Å². The summed E-state index contributed by atoms with van der Waals surface area (Å²) in [5, 5.41) is 0. The monoisotopic (exact) mass is 258 g/mol. The van der Waals surface area contributed by atoms with Crippen molar-refractivity contribution in [2.75, 3.05) is 6.61 Å². The molecule has 19 heavy (non-hydrogen) atoms. The van der Waals surface area contributed by atoms with Crippen LogP contribution in [0, 0.1) is 0 Å². The molecule has 1 aromatic rings. The molecule has 0 aromatic heterocycles. The van der Waals surface area contributed by atoms with E-state index in [0.717, 1.165) is 24.8 Å². The molecule has 0 amide bonds. The van der Waals surface area contributed by atoms with E-state index in [1.165, 1.54) is 17.6 Å². The fraction of sp³-hybridized carbons (Fsp3) is 0.471. The molecule has 0 radical (unpaired) electrons. The minimum Gasteiger partial charge on any atom is -0.463 e. The van der Waals surface area contributed by atoms with Gasteiger partial charge in [0.15, 0.2) is 0 Å². The van der Waals surface area contributed by atoms with Gasteiger partial charge in [-0.2, -0.15) is 0 Å². The zero-order chi connectivity index (χ0) is 13.7. The highest BCUT2D eigenvalue weighted by Crippen LogP contribution is 2.35. The number of carbonyl (C=O) groups is 1. The molecule has 0 N–H and O–H groups in total. The van der Waals surface area contributed by atoms with Gasteiger partial charge in [-0.15, -0.1) is 0 Å². The van der Waals surface area contributed by atoms with E-state index >= 15 is 0 Å². The average Bonchev–Trinajstić information content (AvgIpc) is 2.47. The van der Waals surface area contributed by atoms with Crippen molar-refractivity contribution >= 4 is 5.97 Å². The highest BCUT2D eigenvalue weighted by Gasteiger charge is 2.24. The summed E-state index contributed by atoms with van der Waals surface area (Å²) in [5.41, 5.74) is 3.47. The SMILES string of the molecule is CCOC(=O)C1=C([C@H](C)c2ccccc2)CCCC1. The summed E-state index contributed by atoms with van der Waals surface area (Å²) in [5.74, 6) is 0.195. The van der Waals surface area contributed by atoms with Crippen LogP contribution in [0.1, 0.15) is 51.0 Å². The second-order valence-electron chi connectivity index (χ2n) is 5.06. The van der Waals surface area contributed by atoms with Crippen LogP contribution in [-0.2, 0) is 9.53 Å². The van der Waals surface area contributed by atoms with E-state index in [-0.39, 0.29) is 5.97 Å². The van der Waals surface area contributed by atoms with Gasteiger partial charge in [0.05, 0.1) is 6.61 Å². The Morgan fingerprint density at radius 3 is 2.58 bits per heavy atom. The molecule has 0 unspecified atom stereocenters. The van der Waals surface area contributed by atoms with Crippen molar-refractivity contribution in [2.24, 2.45) is 0 Å². The van der Waals surface area contributed by atoms with Crippen LogP contribution in [0.5, 0.6) is 0 Å². The zero-order valence-corrected chi connectivity index (χ0v) is 11.8. The van der Waals surface area contributed by atoms with E-state index in [0.29, 0.717) is 12.5 Å². The maximum Gasteiger partial charge on any atom is 0.333 e. The minimum absolute atomic E-state index is 0.111. The lowest BCUT2D eigenvalue weighted by Crippen LogP contribution is -2.16. The van der Waals surface area contributed by atoms with E-state index in [9.17, 15) is 4.79 Å².